The number of carbonyl (C=O) groups excluding carboxylic acids is 1. The normalized spacial score (nSPS) is 13.2. The smallest absolute Gasteiger partial charge is 0.254 e. The molecule has 1 aliphatic rings. The Bertz CT molecular complexity index is 1260. The van der Waals surface area contributed by atoms with E-state index in [1.807, 2.05) is 36.4 Å². The van der Waals surface area contributed by atoms with Crippen LogP contribution in [-0.2, 0) is 0 Å². The summed E-state index contributed by atoms with van der Waals surface area (Å²) in [5.41, 5.74) is 3.03. The number of rotatable bonds is 6. The lowest BCUT2D eigenvalue weighted by Crippen LogP contribution is -2.26. The molecule has 156 valence electrons. The maximum absolute atomic E-state index is 14.5. The molecule has 1 saturated carbocycles. The van der Waals surface area contributed by atoms with Crippen LogP contribution in [0.5, 0.6) is 5.75 Å². The molecule has 0 aliphatic heterocycles. The molecule has 0 unspecified atom stereocenters. The third-order valence-corrected chi connectivity index (χ3v) is 5.15. The van der Waals surface area contributed by atoms with Crippen LogP contribution in [0.1, 0.15) is 23.2 Å². The van der Waals surface area contributed by atoms with Crippen molar-refractivity contribution >= 4 is 23.2 Å². The summed E-state index contributed by atoms with van der Waals surface area (Å²) in [4.78, 5) is 16.7. The minimum absolute atomic E-state index is 0.0298. The summed E-state index contributed by atoms with van der Waals surface area (Å²) in [5, 5.41) is 10.2. The SMILES string of the molecule is COc1ccc(-c2cccn3nc(Nc4ccc(C(=O)NC5CC5)c(F)c4)nc23)cc1. The number of fused-ring (bicyclic) bond motifs is 1. The number of benzene rings is 2. The van der Waals surface area contributed by atoms with Gasteiger partial charge in [-0.2, -0.15) is 4.98 Å². The lowest BCUT2D eigenvalue weighted by molar-refractivity contribution is 0.0947. The number of nitrogens with zero attached hydrogens (tertiary/aromatic N) is 3. The third kappa shape index (κ3) is 3.92. The minimum Gasteiger partial charge on any atom is -0.497 e. The molecule has 0 spiro atoms. The van der Waals surface area contributed by atoms with Crippen LogP contribution in [0, 0.1) is 5.82 Å². The topological polar surface area (TPSA) is 80.5 Å². The standard InChI is InChI=1S/C23H20FN5O2/c1-31-17-9-4-14(5-10-17)18-3-2-12-29-21(18)27-23(28-29)26-16-8-11-19(20(24)13-16)22(30)25-15-6-7-15/h2-5,8-13,15H,6-7H2,1H3,(H,25,30)(H,26,28). The van der Waals surface area contributed by atoms with E-state index in [0.29, 0.717) is 17.3 Å². The Morgan fingerprint density at radius 2 is 1.97 bits per heavy atom. The maximum atomic E-state index is 14.5. The van der Waals surface area contributed by atoms with Crippen molar-refractivity contribution in [3.8, 4) is 16.9 Å². The Balaban J connectivity index is 1.40. The van der Waals surface area contributed by atoms with Gasteiger partial charge in [0.15, 0.2) is 5.65 Å². The number of carbonyl (C=O) groups is 1. The molecule has 2 N–H and O–H groups in total. The van der Waals surface area contributed by atoms with E-state index in [1.165, 1.54) is 12.1 Å². The van der Waals surface area contributed by atoms with Gasteiger partial charge in [0, 0.05) is 23.5 Å². The van der Waals surface area contributed by atoms with Gasteiger partial charge in [-0.1, -0.05) is 12.1 Å². The second-order valence-corrected chi connectivity index (χ2v) is 7.42. The highest BCUT2D eigenvalue weighted by molar-refractivity contribution is 5.95. The molecule has 2 heterocycles. The van der Waals surface area contributed by atoms with Crippen LogP contribution >= 0.6 is 0 Å². The molecule has 31 heavy (non-hydrogen) atoms. The van der Waals surface area contributed by atoms with Crippen LogP contribution in [0.4, 0.5) is 16.0 Å². The average Bonchev–Trinajstić information content (AvgIpc) is 3.49. The van der Waals surface area contributed by atoms with E-state index < -0.39 is 5.82 Å². The largest absolute Gasteiger partial charge is 0.497 e. The van der Waals surface area contributed by atoms with E-state index in [2.05, 4.69) is 20.7 Å². The van der Waals surface area contributed by atoms with Gasteiger partial charge in [-0.3, -0.25) is 4.79 Å². The predicted octanol–water partition coefficient (Wildman–Crippen LogP) is 4.18. The van der Waals surface area contributed by atoms with E-state index in [1.54, 1.807) is 23.9 Å². The number of aromatic nitrogens is 3. The van der Waals surface area contributed by atoms with E-state index >= 15 is 0 Å². The zero-order chi connectivity index (χ0) is 21.4. The second kappa shape index (κ2) is 7.71. The first-order chi connectivity index (χ1) is 15.1. The number of methoxy groups -OCH3 is 1. The fraction of sp³-hybridized carbons (Fsp3) is 0.174. The van der Waals surface area contributed by atoms with E-state index in [-0.39, 0.29) is 17.5 Å². The van der Waals surface area contributed by atoms with E-state index in [9.17, 15) is 9.18 Å². The Hall–Kier alpha value is -3.94. The van der Waals surface area contributed by atoms with Crippen molar-refractivity contribution in [1.82, 2.24) is 19.9 Å². The van der Waals surface area contributed by atoms with Crippen LogP contribution in [0.15, 0.2) is 60.8 Å². The van der Waals surface area contributed by atoms with E-state index in [4.69, 9.17) is 4.74 Å². The lowest BCUT2D eigenvalue weighted by Gasteiger charge is -2.07. The number of ether oxygens (including phenoxy) is 1. The van der Waals surface area contributed by atoms with Gasteiger partial charge in [-0.05, 0) is 60.9 Å². The molecule has 5 rings (SSSR count). The Morgan fingerprint density at radius 1 is 1.16 bits per heavy atom. The highest BCUT2D eigenvalue weighted by Crippen LogP contribution is 2.27. The van der Waals surface area contributed by atoms with Crippen molar-refractivity contribution in [2.45, 2.75) is 18.9 Å². The maximum Gasteiger partial charge on any atom is 0.254 e. The quantitative estimate of drug-likeness (QED) is 0.492. The first-order valence-corrected chi connectivity index (χ1v) is 9.98. The van der Waals surface area contributed by atoms with Crippen LogP contribution < -0.4 is 15.4 Å². The number of amides is 1. The van der Waals surface area contributed by atoms with Gasteiger partial charge in [-0.25, -0.2) is 8.91 Å². The molecular formula is C23H20FN5O2. The summed E-state index contributed by atoms with van der Waals surface area (Å²) in [7, 11) is 1.63. The number of nitrogens with one attached hydrogen (secondary N) is 2. The van der Waals surface area contributed by atoms with Crippen LogP contribution in [-0.4, -0.2) is 33.7 Å². The van der Waals surface area contributed by atoms with Crippen molar-refractivity contribution in [1.29, 1.82) is 0 Å². The Labute approximate surface area is 177 Å². The Kier molecular flexibility index (Phi) is 4.74. The molecule has 4 aromatic rings. The lowest BCUT2D eigenvalue weighted by atomic mass is 10.1. The highest BCUT2D eigenvalue weighted by atomic mass is 19.1. The fourth-order valence-electron chi connectivity index (χ4n) is 3.35. The highest BCUT2D eigenvalue weighted by Gasteiger charge is 2.25. The molecule has 0 atom stereocenters. The molecule has 8 heteroatoms. The average molecular weight is 417 g/mol. The number of hydrogen-bond donors (Lipinski definition) is 2. The molecule has 7 nitrogen and oxygen atoms in total. The van der Waals surface area contributed by atoms with Gasteiger partial charge in [0.2, 0.25) is 5.95 Å². The number of anilines is 2. The predicted molar refractivity (Wildman–Crippen MR) is 115 cm³/mol. The molecule has 0 bridgehead atoms. The first-order valence-electron chi connectivity index (χ1n) is 9.98. The van der Waals surface area contributed by atoms with E-state index in [0.717, 1.165) is 29.7 Å². The van der Waals surface area contributed by atoms with Crippen molar-refractivity contribution in [3.63, 3.8) is 0 Å². The zero-order valence-electron chi connectivity index (χ0n) is 16.8. The summed E-state index contributed by atoms with van der Waals surface area (Å²) < 4.78 is 21.3. The van der Waals surface area contributed by atoms with Gasteiger partial charge in [-0.15, -0.1) is 5.10 Å². The summed E-state index contributed by atoms with van der Waals surface area (Å²) in [5.74, 6) is 0.124. The van der Waals surface area contributed by atoms with Gasteiger partial charge < -0.3 is 15.4 Å². The molecule has 1 aliphatic carbocycles. The summed E-state index contributed by atoms with van der Waals surface area (Å²) in [6, 6.07) is 16.1. The van der Waals surface area contributed by atoms with Crippen LogP contribution in [0.2, 0.25) is 0 Å². The van der Waals surface area contributed by atoms with Gasteiger partial charge in [0.1, 0.15) is 11.6 Å². The number of hydrogen-bond acceptors (Lipinski definition) is 5. The number of halogens is 1. The van der Waals surface area contributed by atoms with Crippen molar-refractivity contribution in [2.24, 2.45) is 0 Å². The monoisotopic (exact) mass is 417 g/mol. The van der Waals surface area contributed by atoms with Crippen molar-refractivity contribution in [2.75, 3.05) is 12.4 Å². The van der Waals surface area contributed by atoms with Crippen LogP contribution in [0.25, 0.3) is 16.8 Å². The molecule has 2 aromatic carbocycles. The molecule has 1 fully saturated rings. The summed E-state index contributed by atoms with van der Waals surface area (Å²) in [6.07, 6.45) is 3.70. The summed E-state index contributed by atoms with van der Waals surface area (Å²) >= 11 is 0. The molecule has 2 aromatic heterocycles. The fourth-order valence-corrected chi connectivity index (χ4v) is 3.35. The van der Waals surface area contributed by atoms with Crippen molar-refractivity contribution in [3.05, 3.63) is 72.2 Å². The Morgan fingerprint density at radius 3 is 2.68 bits per heavy atom. The second-order valence-electron chi connectivity index (χ2n) is 7.42. The molecule has 1 amide bonds. The van der Waals surface area contributed by atoms with Crippen molar-refractivity contribution < 1.29 is 13.9 Å². The molecule has 0 radical (unpaired) electrons. The number of pyridine rings is 1. The third-order valence-electron chi connectivity index (χ3n) is 5.15. The minimum atomic E-state index is -0.592. The molecular weight excluding hydrogens is 397 g/mol. The summed E-state index contributed by atoms with van der Waals surface area (Å²) in [6.45, 7) is 0. The van der Waals surface area contributed by atoms with Gasteiger partial charge in [0.05, 0.1) is 12.7 Å². The van der Waals surface area contributed by atoms with Gasteiger partial charge in [0.25, 0.3) is 5.91 Å². The van der Waals surface area contributed by atoms with Gasteiger partial charge >= 0.3 is 0 Å². The van der Waals surface area contributed by atoms with Crippen LogP contribution in [0.3, 0.4) is 0 Å². The molecule has 0 saturated heterocycles. The first kappa shape index (κ1) is 19.0. The zero-order valence-corrected chi connectivity index (χ0v) is 16.8.